The number of hydrogen-bond donors (Lipinski definition) is 0. The van der Waals surface area contributed by atoms with E-state index in [9.17, 15) is 0 Å². The third kappa shape index (κ3) is 5.02. The van der Waals surface area contributed by atoms with Gasteiger partial charge >= 0.3 is 0 Å². The Bertz CT molecular complexity index is 2320. The van der Waals surface area contributed by atoms with Gasteiger partial charge in [-0.3, -0.25) is 4.98 Å². The van der Waals surface area contributed by atoms with E-state index < -0.39 is 0 Å². The Balaban J connectivity index is 1.09. The lowest BCUT2D eigenvalue weighted by molar-refractivity contribution is 0.631. The van der Waals surface area contributed by atoms with Gasteiger partial charge in [0.15, 0.2) is 0 Å². The number of rotatable bonds is 6. The van der Waals surface area contributed by atoms with Crippen LogP contribution in [-0.2, 0) is 0 Å². The average Bonchev–Trinajstić information content (AvgIpc) is 3.78. The number of benzene rings is 6. The molecule has 0 saturated carbocycles. The highest BCUT2D eigenvalue weighted by Gasteiger charge is 2.15. The lowest BCUT2D eigenvalue weighted by Gasteiger charge is -2.26. The Kier molecular flexibility index (Phi) is 6.43. The first-order valence-corrected chi connectivity index (χ1v) is 15.7. The first-order chi connectivity index (χ1) is 23.2. The van der Waals surface area contributed by atoms with Crippen LogP contribution in [0.2, 0.25) is 0 Å². The molecule has 3 aromatic heterocycles. The van der Waals surface area contributed by atoms with Crippen LogP contribution in [0.15, 0.2) is 179 Å². The standard InChI is InChI=1S/C43H28N2O2/c1-4-10-39-32(7-1)25-35(28-44-39)29-13-19-36(20-14-29)45(37-21-15-30(16-22-37)42-26-33-8-2-5-11-40(33)46-42)38-23-17-31(18-24-38)43-27-34-9-3-6-12-41(34)47-43/h1-28H. The number of anilines is 3. The van der Waals surface area contributed by atoms with Gasteiger partial charge in [0.05, 0.1) is 5.52 Å². The third-order valence-corrected chi connectivity index (χ3v) is 8.72. The largest absolute Gasteiger partial charge is 0.456 e. The molecular weight excluding hydrogens is 576 g/mol. The highest BCUT2D eigenvalue weighted by Crippen LogP contribution is 2.39. The van der Waals surface area contributed by atoms with Crippen LogP contribution in [-0.4, -0.2) is 4.98 Å². The molecule has 0 amide bonds. The summed E-state index contributed by atoms with van der Waals surface area (Å²) in [7, 11) is 0. The van der Waals surface area contributed by atoms with E-state index in [4.69, 9.17) is 8.83 Å². The van der Waals surface area contributed by atoms with Gasteiger partial charge < -0.3 is 13.7 Å². The second kappa shape index (κ2) is 11.2. The first-order valence-electron chi connectivity index (χ1n) is 15.7. The topological polar surface area (TPSA) is 42.4 Å². The van der Waals surface area contributed by atoms with E-state index in [1.807, 2.05) is 60.8 Å². The van der Waals surface area contributed by atoms with Gasteiger partial charge in [-0.05, 0) is 103 Å². The molecule has 222 valence electrons. The summed E-state index contributed by atoms with van der Waals surface area (Å²) in [5.41, 5.74) is 10.2. The van der Waals surface area contributed by atoms with Gasteiger partial charge in [-0.25, -0.2) is 0 Å². The molecular formula is C43H28N2O2. The zero-order valence-electron chi connectivity index (χ0n) is 25.4. The van der Waals surface area contributed by atoms with Gasteiger partial charge in [-0.1, -0.05) is 66.7 Å². The van der Waals surface area contributed by atoms with Crippen molar-refractivity contribution in [3.63, 3.8) is 0 Å². The molecule has 9 aromatic rings. The molecule has 0 atom stereocenters. The van der Waals surface area contributed by atoms with Crippen LogP contribution in [0.3, 0.4) is 0 Å². The normalized spacial score (nSPS) is 11.4. The fraction of sp³-hybridized carbons (Fsp3) is 0. The van der Waals surface area contributed by atoms with E-state index in [1.165, 1.54) is 0 Å². The van der Waals surface area contributed by atoms with Crippen LogP contribution in [0.1, 0.15) is 0 Å². The lowest BCUT2D eigenvalue weighted by Crippen LogP contribution is -2.09. The van der Waals surface area contributed by atoms with Crippen molar-refractivity contribution in [3.8, 4) is 33.8 Å². The van der Waals surface area contributed by atoms with Crippen molar-refractivity contribution in [2.24, 2.45) is 0 Å². The molecule has 0 unspecified atom stereocenters. The Hall–Kier alpha value is -6.39. The lowest BCUT2D eigenvalue weighted by atomic mass is 10.0. The molecule has 0 radical (unpaired) electrons. The molecule has 0 fully saturated rings. The maximum atomic E-state index is 6.16. The zero-order valence-corrected chi connectivity index (χ0v) is 25.4. The fourth-order valence-electron chi connectivity index (χ4n) is 6.28. The van der Waals surface area contributed by atoms with Crippen LogP contribution in [0, 0.1) is 0 Å². The Labute approximate surface area is 271 Å². The van der Waals surface area contributed by atoms with E-state index in [-0.39, 0.29) is 0 Å². The van der Waals surface area contributed by atoms with Crippen LogP contribution in [0.4, 0.5) is 17.1 Å². The monoisotopic (exact) mass is 604 g/mol. The highest BCUT2D eigenvalue weighted by molar-refractivity contribution is 5.87. The van der Waals surface area contributed by atoms with Crippen molar-refractivity contribution in [1.29, 1.82) is 0 Å². The number of furan rings is 2. The SMILES string of the molecule is c1ccc2ncc(-c3ccc(N(c4ccc(-c5cc6ccccc6o5)cc4)c4ccc(-c5cc6ccccc6o5)cc4)cc3)cc2c1. The van der Waals surface area contributed by atoms with Gasteiger partial charge in [0.25, 0.3) is 0 Å². The predicted molar refractivity (Wildman–Crippen MR) is 192 cm³/mol. The molecule has 0 aliphatic heterocycles. The summed E-state index contributed by atoms with van der Waals surface area (Å²) in [4.78, 5) is 6.95. The molecule has 0 spiro atoms. The molecule has 0 N–H and O–H groups in total. The van der Waals surface area contributed by atoms with E-state index in [2.05, 4.69) is 119 Å². The summed E-state index contributed by atoms with van der Waals surface area (Å²) in [6.07, 6.45) is 1.95. The van der Waals surface area contributed by atoms with Crippen LogP contribution in [0.5, 0.6) is 0 Å². The van der Waals surface area contributed by atoms with E-state index in [0.29, 0.717) is 0 Å². The van der Waals surface area contributed by atoms with Gasteiger partial charge in [0.1, 0.15) is 22.7 Å². The third-order valence-electron chi connectivity index (χ3n) is 8.72. The number of fused-ring (bicyclic) bond motifs is 3. The minimum atomic E-state index is 0.854. The number of hydrogen-bond acceptors (Lipinski definition) is 4. The van der Waals surface area contributed by atoms with Crippen LogP contribution < -0.4 is 4.90 Å². The van der Waals surface area contributed by atoms with Crippen molar-refractivity contribution in [2.45, 2.75) is 0 Å². The highest BCUT2D eigenvalue weighted by atomic mass is 16.3. The van der Waals surface area contributed by atoms with Crippen molar-refractivity contribution in [1.82, 2.24) is 4.98 Å². The van der Waals surface area contributed by atoms with Gasteiger partial charge in [0, 0.05) is 56.1 Å². The molecule has 9 rings (SSSR count). The van der Waals surface area contributed by atoms with E-state index in [0.717, 1.165) is 83.7 Å². The Morgan fingerprint density at radius 3 is 1.34 bits per heavy atom. The number of nitrogens with zero attached hydrogens (tertiary/aromatic N) is 2. The number of para-hydroxylation sites is 3. The van der Waals surface area contributed by atoms with Gasteiger partial charge in [-0.15, -0.1) is 0 Å². The summed E-state index contributed by atoms with van der Waals surface area (Å²) in [6.45, 7) is 0. The first kappa shape index (κ1) is 27.0. The minimum Gasteiger partial charge on any atom is -0.456 e. The second-order valence-corrected chi connectivity index (χ2v) is 11.7. The van der Waals surface area contributed by atoms with Crippen molar-refractivity contribution in [2.75, 3.05) is 4.90 Å². The van der Waals surface area contributed by atoms with Crippen LogP contribution in [0.25, 0.3) is 66.6 Å². The molecule has 47 heavy (non-hydrogen) atoms. The Morgan fingerprint density at radius 2 is 0.830 bits per heavy atom. The molecule has 0 bridgehead atoms. The average molecular weight is 605 g/mol. The number of aromatic nitrogens is 1. The van der Waals surface area contributed by atoms with Crippen molar-refractivity contribution >= 4 is 49.9 Å². The van der Waals surface area contributed by atoms with Crippen molar-refractivity contribution < 1.29 is 8.83 Å². The second-order valence-electron chi connectivity index (χ2n) is 11.7. The van der Waals surface area contributed by atoms with Gasteiger partial charge in [0.2, 0.25) is 0 Å². The van der Waals surface area contributed by atoms with E-state index >= 15 is 0 Å². The summed E-state index contributed by atoms with van der Waals surface area (Å²) in [5, 5.41) is 3.32. The number of pyridine rings is 1. The van der Waals surface area contributed by atoms with Crippen LogP contribution >= 0.6 is 0 Å². The molecule has 4 heteroatoms. The maximum Gasteiger partial charge on any atom is 0.135 e. The smallest absolute Gasteiger partial charge is 0.135 e. The molecule has 0 saturated heterocycles. The Morgan fingerprint density at radius 1 is 0.383 bits per heavy atom. The quantitative estimate of drug-likeness (QED) is 0.189. The zero-order chi connectivity index (χ0) is 31.2. The molecule has 0 aliphatic rings. The fourth-order valence-corrected chi connectivity index (χ4v) is 6.28. The van der Waals surface area contributed by atoms with Gasteiger partial charge in [-0.2, -0.15) is 0 Å². The van der Waals surface area contributed by atoms with Crippen molar-refractivity contribution in [3.05, 3.63) is 170 Å². The summed E-state index contributed by atoms with van der Waals surface area (Å²) >= 11 is 0. The minimum absolute atomic E-state index is 0.854. The maximum absolute atomic E-state index is 6.16. The molecule has 6 aromatic carbocycles. The predicted octanol–water partition coefficient (Wildman–Crippen LogP) is 12.2. The molecule has 0 aliphatic carbocycles. The van der Waals surface area contributed by atoms with E-state index in [1.54, 1.807) is 0 Å². The summed E-state index contributed by atoms with van der Waals surface area (Å²) in [5.74, 6) is 1.71. The summed E-state index contributed by atoms with van der Waals surface area (Å²) in [6, 6.07) is 56.6. The summed E-state index contributed by atoms with van der Waals surface area (Å²) < 4.78 is 12.3. The molecule has 3 heterocycles. The molecule has 4 nitrogen and oxygen atoms in total.